The highest BCUT2D eigenvalue weighted by molar-refractivity contribution is 5.83. The Morgan fingerprint density at radius 1 is 1.28 bits per heavy atom. The Balaban J connectivity index is 3.13. The Kier molecular flexibility index (Phi) is 4.76. The van der Waals surface area contributed by atoms with Crippen molar-refractivity contribution in [3.63, 3.8) is 0 Å². The Morgan fingerprint density at radius 2 is 1.83 bits per heavy atom. The number of rotatable bonds is 6. The van der Waals surface area contributed by atoms with Gasteiger partial charge in [-0.05, 0) is 39.3 Å². The largest absolute Gasteiger partial charge is 0.480 e. The number of aliphatic carboxylic acids is 1. The zero-order valence-corrected chi connectivity index (χ0v) is 11.7. The number of benzene rings is 1. The molecular weight excluding hydrogens is 226 g/mol. The van der Waals surface area contributed by atoms with Gasteiger partial charge in [0, 0.05) is 12.2 Å². The van der Waals surface area contributed by atoms with E-state index in [1.54, 1.807) is 0 Å². The average Bonchev–Trinajstić information content (AvgIpc) is 2.32. The topological polar surface area (TPSA) is 40.5 Å². The van der Waals surface area contributed by atoms with Crippen LogP contribution in [0.2, 0.25) is 0 Å². The average molecular weight is 249 g/mol. The van der Waals surface area contributed by atoms with Gasteiger partial charge in [0.1, 0.15) is 5.54 Å². The van der Waals surface area contributed by atoms with E-state index in [2.05, 4.69) is 0 Å². The molecule has 0 fully saturated rings. The summed E-state index contributed by atoms with van der Waals surface area (Å²) in [6.45, 7) is 8.54. The van der Waals surface area contributed by atoms with E-state index in [-0.39, 0.29) is 0 Å². The Labute approximate surface area is 109 Å². The van der Waals surface area contributed by atoms with E-state index in [4.69, 9.17) is 0 Å². The zero-order chi connectivity index (χ0) is 13.8. The third kappa shape index (κ3) is 2.84. The highest BCUT2D eigenvalue weighted by Gasteiger charge is 2.38. The van der Waals surface area contributed by atoms with Crippen molar-refractivity contribution in [2.45, 2.75) is 46.1 Å². The summed E-state index contributed by atoms with van der Waals surface area (Å²) in [4.78, 5) is 13.6. The molecule has 0 aliphatic carbocycles. The molecule has 1 N–H and O–H groups in total. The molecule has 0 aliphatic rings. The number of hydrogen-bond donors (Lipinski definition) is 1. The molecule has 1 rings (SSSR count). The molecule has 1 unspecified atom stereocenters. The van der Waals surface area contributed by atoms with Gasteiger partial charge in [0.05, 0.1) is 0 Å². The number of nitrogens with zero attached hydrogens (tertiary/aromatic N) is 1. The summed E-state index contributed by atoms with van der Waals surface area (Å²) in [6, 6.07) is 8.03. The molecule has 1 aromatic carbocycles. The van der Waals surface area contributed by atoms with Crippen LogP contribution in [0.25, 0.3) is 0 Å². The van der Waals surface area contributed by atoms with Crippen LogP contribution in [0.1, 0.15) is 39.2 Å². The smallest absolute Gasteiger partial charge is 0.329 e. The second-order valence-corrected chi connectivity index (χ2v) is 4.91. The van der Waals surface area contributed by atoms with Gasteiger partial charge in [0.25, 0.3) is 0 Å². The van der Waals surface area contributed by atoms with Gasteiger partial charge in [0.15, 0.2) is 0 Å². The number of carbonyl (C=O) groups is 1. The van der Waals surface area contributed by atoms with Crippen LogP contribution in [-0.4, -0.2) is 23.2 Å². The van der Waals surface area contributed by atoms with Crippen LogP contribution in [0.15, 0.2) is 24.3 Å². The minimum absolute atomic E-state index is 0.643. The first-order valence-electron chi connectivity index (χ1n) is 6.53. The van der Waals surface area contributed by atoms with E-state index in [9.17, 15) is 9.90 Å². The number of carboxylic acid groups (broad SMARTS) is 1. The lowest BCUT2D eigenvalue weighted by Gasteiger charge is -2.39. The fourth-order valence-electron chi connectivity index (χ4n) is 2.39. The van der Waals surface area contributed by atoms with E-state index >= 15 is 0 Å². The third-order valence-corrected chi connectivity index (χ3v) is 3.46. The normalized spacial score (nSPS) is 14.0. The Morgan fingerprint density at radius 3 is 2.22 bits per heavy atom. The fraction of sp³-hybridized carbons (Fsp3) is 0.533. The summed E-state index contributed by atoms with van der Waals surface area (Å²) < 4.78 is 0. The lowest BCUT2D eigenvalue weighted by Crippen LogP contribution is -2.52. The van der Waals surface area contributed by atoms with Crippen molar-refractivity contribution in [1.29, 1.82) is 0 Å². The molecule has 3 nitrogen and oxygen atoms in total. The fourth-order valence-corrected chi connectivity index (χ4v) is 2.39. The summed E-state index contributed by atoms with van der Waals surface area (Å²) in [5.74, 6) is -0.758. The number of aryl methyl sites for hydroxylation is 1. The highest BCUT2D eigenvalue weighted by Crippen LogP contribution is 2.28. The molecular formula is C15H23NO2. The number of anilines is 1. The minimum Gasteiger partial charge on any atom is -0.480 e. The van der Waals surface area contributed by atoms with Gasteiger partial charge in [-0.2, -0.15) is 0 Å². The molecule has 0 spiro atoms. The summed E-state index contributed by atoms with van der Waals surface area (Å²) in [5.41, 5.74) is 1.32. The molecule has 0 amide bonds. The lowest BCUT2D eigenvalue weighted by atomic mass is 9.93. The zero-order valence-electron chi connectivity index (χ0n) is 11.7. The number of likely N-dealkylation sites (N-methyl/N-ethyl adjacent to an activating group) is 1. The molecule has 0 saturated carbocycles. The first-order chi connectivity index (χ1) is 8.45. The van der Waals surface area contributed by atoms with E-state index in [0.717, 1.165) is 12.1 Å². The van der Waals surface area contributed by atoms with E-state index in [1.165, 1.54) is 5.56 Å². The van der Waals surface area contributed by atoms with Crippen molar-refractivity contribution in [2.24, 2.45) is 0 Å². The van der Waals surface area contributed by atoms with Crippen molar-refractivity contribution in [3.05, 3.63) is 29.8 Å². The van der Waals surface area contributed by atoms with E-state index in [0.29, 0.717) is 13.0 Å². The summed E-state index contributed by atoms with van der Waals surface area (Å²) in [7, 11) is 0. The molecule has 0 radical (unpaired) electrons. The monoisotopic (exact) mass is 249 g/mol. The molecule has 1 aromatic rings. The lowest BCUT2D eigenvalue weighted by molar-refractivity contribution is -0.143. The molecule has 0 saturated heterocycles. The third-order valence-electron chi connectivity index (χ3n) is 3.46. The second kappa shape index (κ2) is 5.89. The van der Waals surface area contributed by atoms with Crippen LogP contribution in [-0.2, 0) is 4.79 Å². The summed E-state index contributed by atoms with van der Waals surface area (Å²) >= 11 is 0. The van der Waals surface area contributed by atoms with Crippen molar-refractivity contribution >= 4 is 11.7 Å². The van der Waals surface area contributed by atoms with Crippen LogP contribution in [0.4, 0.5) is 5.69 Å². The van der Waals surface area contributed by atoms with Crippen molar-refractivity contribution in [2.75, 3.05) is 11.4 Å². The van der Waals surface area contributed by atoms with Crippen LogP contribution in [0.5, 0.6) is 0 Å². The van der Waals surface area contributed by atoms with Crippen LogP contribution >= 0.6 is 0 Å². The SMILES string of the molecule is CCCC(C)(C(=O)O)N(CC)c1ccc(C)cc1. The van der Waals surface area contributed by atoms with Gasteiger partial charge in [-0.25, -0.2) is 4.79 Å². The van der Waals surface area contributed by atoms with Crippen molar-refractivity contribution in [3.8, 4) is 0 Å². The molecule has 3 heteroatoms. The van der Waals surface area contributed by atoms with Gasteiger partial charge >= 0.3 is 5.97 Å². The Bertz CT molecular complexity index is 399. The number of carboxylic acids is 1. The van der Waals surface area contributed by atoms with Crippen LogP contribution in [0.3, 0.4) is 0 Å². The standard InChI is InChI=1S/C15H23NO2/c1-5-11-15(4,14(17)18)16(6-2)13-9-7-12(3)8-10-13/h7-10H,5-6,11H2,1-4H3,(H,17,18). The maximum absolute atomic E-state index is 11.6. The first kappa shape index (κ1) is 14.6. The number of hydrogen-bond acceptors (Lipinski definition) is 2. The van der Waals surface area contributed by atoms with E-state index < -0.39 is 11.5 Å². The summed E-state index contributed by atoms with van der Waals surface area (Å²) in [5, 5.41) is 9.54. The van der Waals surface area contributed by atoms with Gasteiger partial charge in [-0.15, -0.1) is 0 Å². The maximum Gasteiger partial charge on any atom is 0.329 e. The molecule has 0 heterocycles. The van der Waals surface area contributed by atoms with Gasteiger partial charge in [-0.3, -0.25) is 0 Å². The minimum atomic E-state index is -0.835. The van der Waals surface area contributed by atoms with Gasteiger partial charge in [-0.1, -0.05) is 31.0 Å². The van der Waals surface area contributed by atoms with Gasteiger partial charge < -0.3 is 10.0 Å². The Hall–Kier alpha value is -1.51. The molecule has 100 valence electrons. The predicted octanol–water partition coefficient (Wildman–Crippen LogP) is 3.46. The molecule has 0 aliphatic heterocycles. The summed E-state index contributed by atoms with van der Waals surface area (Å²) in [6.07, 6.45) is 1.50. The highest BCUT2D eigenvalue weighted by atomic mass is 16.4. The van der Waals surface area contributed by atoms with Crippen molar-refractivity contribution < 1.29 is 9.90 Å². The second-order valence-electron chi connectivity index (χ2n) is 4.91. The van der Waals surface area contributed by atoms with E-state index in [1.807, 2.05) is 56.9 Å². The molecule has 18 heavy (non-hydrogen) atoms. The molecule has 1 atom stereocenters. The predicted molar refractivity (Wildman–Crippen MR) is 75.1 cm³/mol. The van der Waals surface area contributed by atoms with Gasteiger partial charge in [0.2, 0.25) is 0 Å². The van der Waals surface area contributed by atoms with Crippen molar-refractivity contribution in [1.82, 2.24) is 0 Å². The molecule has 0 aromatic heterocycles. The first-order valence-corrected chi connectivity index (χ1v) is 6.53. The molecule has 0 bridgehead atoms. The van der Waals surface area contributed by atoms with Crippen LogP contribution < -0.4 is 4.90 Å². The quantitative estimate of drug-likeness (QED) is 0.839. The maximum atomic E-state index is 11.6. The van der Waals surface area contributed by atoms with Crippen LogP contribution in [0, 0.1) is 6.92 Å².